The third-order valence-corrected chi connectivity index (χ3v) is 3.51. The van der Waals surface area contributed by atoms with E-state index in [0.717, 1.165) is 11.8 Å². The molecule has 0 saturated heterocycles. The normalized spacial score (nSPS) is 11.7. The van der Waals surface area contributed by atoms with Gasteiger partial charge >= 0.3 is 0 Å². The Morgan fingerprint density at radius 1 is 1.38 bits per heavy atom. The zero-order valence-corrected chi connectivity index (χ0v) is 10.1. The van der Waals surface area contributed by atoms with Crippen molar-refractivity contribution in [3.8, 4) is 0 Å². The van der Waals surface area contributed by atoms with Crippen LogP contribution in [0.1, 0.15) is 25.1 Å². The first-order valence-corrected chi connectivity index (χ1v) is 5.63. The van der Waals surface area contributed by atoms with Gasteiger partial charge in [-0.3, -0.25) is 4.98 Å². The fourth-order valence-corrected chi connectivity index (χ4v) is 1.34. The van der Waals surface area contributed by atoms with E-state index in [1.54, 1.807) is 0 Å². The highest BCUT2D eigenvalue weighted by Gasteiger charge is 2.16. The quantitative estimate of drug-likeness (QED) is 0.740. The van der Waals surface area contributed by atoms with Gasteiger partial charge in [-0.2, -0.15) is 0 Å². The molecule has 0 spiro atoms. The average molecular weight is 242 g/mol. The molecule has 0 bridgehead atoms. The van der Waals surface area contributed by atoms with Crippen LogP contribution in [0.4, 0.5) is 0 Å². The second-order valence-electron chi connectivity index (χ2n) is 4.30. The second-order valence-corrected chi connectivity index (χ2v) is 4.86. The van der Waals surface area contributed by atoms with E-state index in [0.29, 0.717) is 5.41 Å². The maximum atomic E-state index is 4.39. The number of halogens is 1. The van der Waals surface area contributed by atoms with Gasteiger partial charge in [-0.25, -0.2) is 0 Å². The van der Waals surface area contributed by atoms with Crippen molar-refractivity contribution in [1.82, 2.24) is 4.98 Å². The maximum absolute atomic E-state index is 4.39. The van der Waals surface area contributed by atoms with Crippen LogP contribution in [0.15, 0.2) is 18.3 Å². The lowest BCUT2D eigenvalue weighted by Gasteiger charge is -2.20. The van der Waals surface area contributed by atoms with Crippen LogP contribution in [0.2, 0.25) is 0 Å². The molecule has 0 unspecified atom stereocenters. The first-order valence-electron chi connectivity index (χ1n) is 4.51. The van der Waals surface area contributed by atoms with Gasteiger partial charge < -0.3 is 0 Å². The number of hydrogen-bond donors (Lipinski definition) is 0. The highest BCUT2D eigenvalue weighted by Crippen LogP contribution is 2.22. The largest absolute Gasteiger partial charge is 0.261 e. The van der Waals surface area contributed by atoms with Gasteiger partial charge in [0, 0.05) is 17.2 Å². The Hall–Kier alpha value is -0.370. The van der Waals surface area contributed by atoms with E-state index in [-0.39, 0.29) is 0 Å². The summed E-state index contributed by atoms with van der Waals surface area (Å²) >= 11 is 3.52. The highest BCUT2D eigenvalue weighted by molar-refractivity contribution is 9.09. The first-order chi connectivity index (χ1) is 6.03. The van der Waals surface area contributed by atoms with Crippen molar-refractivity contribution < 1.29 is 0 Å². The van der Waals surface area contributed by atoms with Gasteiger partial charge in [0.15, 0.2) is 0 Å². The summed E-state index contributed by atoms with van der Waals surface area (Å²) in [4.78, 5) is 4.39. The van der Waals surface area contributed by atoms with Crippen molar-refractivity contribution in [2.75, 3.05) is 5.33 Å². The molecule has 2 heteroatoms. The zero-order valence-electron chi connectivity index (χ0n) is 8.47. The smallest absolute Gasteiger partial charge is 0.0409 e. The van der Waals surface area contributed by atoms with Gasteiger partial charge in [-0.15, -0.1) is 0 Å². The van der Waals surface area contributed by atoms with E-state index in [1.165, 1.54) is 11.3 Å². The number of rotatable bonds is 3. The summed E-state index contributed by atoms with van der Waals surface area (Å²) in [7, 11) is 0. The number of nitrogens with zero attached hydrogens (tertiary/aromatic N) is 1. The standard InChI is InChI=1S/C11H16BrN/c1-9-4-5-10(13-7-9)6-11(2,3)8-12/h4-5,7H,6,8H2,1-3H3. The monoisotopic (exact) mass is 241 g/mol. The molecular formula is C11H16BrN. The Kier molecular flexibility index (Phi) is 3.48. The minimum Gasteiger partial charge on any atom is -0.261 e. The third kappa shape index (κ3) is 3.47. The maximum Gasteiger partial charge on any atom is 0.0409 e. The molecule has 0 aliphatic rings. The van der Waals surface area contributed by atoms with Gasteiger partial charge in [0.1, 0.15) is 0 Å². The van der Waals surface area contributed by atoms with Crippen LogP contribution >= 0.6 is 15.9 Å². The summed E-state index contributed by atoms with van der Waals surface area (Å²) in [6.07, 6.45) is 2.96. The van der Waals surface area contributed by atoms with Gasteiger partial charge in [0.2, 0.25) is 0 Å². The third-order valence-electron chi connectivity index (χ3n) is 1.99. The number of pyridine rings is 1. The predicted octanol–water partition coefficient (Wildman–Crippen LogP) is 3.35. The Bertz CT molecular complexity index is 264. The van der Waals surface area contributed by atoms with E-state index in [9.17, 15) is 0 Å². The van der Waals surface area contributed by atoms with Crippen LogP contribution in [0, 0.1) is 12.3 Å². The average Bonchev–Trinajstić information content (AvgIpc) is 2.09. The molecule has 0 fully saturated rings. The summed E-state index contributed by atoms with van der Waals surface area (Å²) in [6, 6.07) is 4.23. The minimum atomic E-state index is 0.294. The molecule has 13 heavy (non-hydrogen) atoms. The summed E-state index contributed by atoms with van der Waals surface area (Å²) < 4.78 is 0. The Morgan fingerprint density at radius 2 is 2.08 bits per heavy atom. The lowest BCUT2D eigenvalue weighted by atomic mass is 9.90. The Balaban J connectivity index is 2.69. The Morgan fingerprint density at radius 3 is 2.54 bits per heavy atom. The van der Waals surface area contributed by atoms with E-state index >= 15 is 0 Å². The highest BCUT2D eigenvalue weighted by atomic mass is 79.9. The second kappa shape index (κ2) is 4.23. The molecule has 1 nitrogen and oxygen atoms in total. The lowest BCUT2D eigenvalue weighted by Crippen LogP contribution is -2.17. The van der Waals surface area contributed by atoms with E-state index in [2.05, 4.69) is 53.8 Å². The minimum absolute atomic E-state index is 0.294. The van der Waals surface area contributed by atoms with Crippen LogP contribution in [-0.2, 0) is 6.42 Å². The molecule has 1 aromatic rings. The molecule has 0 atom stereocenters. The van der Waals surface area contributed by atoms with Crippen LogP contribution in [-0.4, -0.2) is 10.3 Å². The molecule has 0 amide bonds. The topological polar surface area (TPSA) is 12.9 Å². The first kappa shape index (κ1) is 10.7. The molecule has 0 N–H and O–H groups in total. The summed E-state index contributed by atoms with van der Waals surface area (Å²) in [6.45, 7) is 6.54. The zero-order chi connectivity index (χ0) is 9.90. The van der Waals surface area contributed by atoms with E-state index in [4.69, 9.17) is 0 Å². The predicted molar refractivity (Wildman–Crippen MR) is 60.3 cm³/mol. The lowest BCUT2D eigenvalue weighted by molar-refractivity contribution is 0.419. The summed E-state index contributed by atoms with van der Waals surface area (Å²) in [5.74, 6) is 0. The van der Waals surface area contributed by atoms with Crippen molar-refractivity contribution >= 4 is 15.9 Å². The molecule has 1 rings (SSSR count). The summed E-state index contributed by atoms with van der Waals surface area (Å²) in [5, 5.41) is 1.01. The van der Waals surface area contributed by atoms with Crippen molar-refractivity contribution in [3.05, 3.63) is 29.6 Å². The van der Waals surface area contributed by atoms with Crippen molar-refractivity contribution in [3.63, 3.8) is 0 Å². The van der Waals surface area contributed by atoms with Crippen molar-refractivity contribution in [1.29, 1.82) is 0 Å². The number of hydrogen-bond acceptors (Lipinski definition) is 1. The number of alkyl halides is 1. The molecule has 0 aliphatic carbocycles. The van der Waals surface area contributed by atoms with Crippen LogP contribution in [0.5, 0.6) is 0 Å². The van der Waals surface area contributed by atoms with Gasteiger partial charge in [-0.1, -0.05) is 35.8 Å². The molecule has 0 aromatic carbocycles. The summed E-state index contributed by atoms with van der Waals surface area (Å²) in [5.41, 5.74) is 2.69. The molecule has 0 aliphatic heterocycles. The van der Waals surface area contributed by atoms with E-state index < -0.39 is 0 Å². The molecule has 0 radical (unpaired) electrons. The van der Waals surface area contributed by atoms with Gasteiger partial charge in [0.05, 0.1) is 0 Å². The SMILES string of the molecule is Cc1ccc(CC(C)(C)CBr)nc1. The van der Waals surface area contributed by atoms with Crippen LogP contribution < -0.4 is 0 Å². The van der Waals surface area contributed by atoms with E-state index in [1.807, 2.05) is 6.20 Å². The Labute approximate surface area is 88.7 Å². The molecule has 72 valence electrons. The molecule has 1 heterocycles. The van der Waals surface area contributed by atoms with Crippen molar-refractivity contribution in [2.24, 2.45) is 5.41 Å². The fourth-order valence-electron chi connectivity index (χ4n) is 1.14. The molecule has 1 aromatic heterocycles. The van der Waals surface area contributed by atoms with Crippen LogP contribution in [0.3, 0.4) is 0 Å². The van der Waals surface area contributed by atoms with Gasteiger partial charge in [-0.05, 0) is 30.4 Å². The molecule has 0 saturated carbocycles. The fraction of sp³-hybridized carbons (Fsp3) is 0.545. The molecular weight excluding hydrogens is 226 g/mol. The number of aromatic nitrogens is 1. The van der Waals surface area contributed by atoms with Crippen molar-refractivity contribution in [2.45, 2.75) is 27.2 Å². The number of aryl methyl sites for hydroxylation is 1. The van der Waals surface area contributed by atoms with Gasteiger partial charge in [0.25, 0.3) is 0 Å². The van der Waals surface area contributed by atoms with Crippen LogP contribution in [0.25, 0.3) is 0 Å².